The molecule has 1 aliphatic rings. The van der Waals surface area contributed by atoms with E-state index in [2.05, 4.69) is 25.8 Å². The van der Waals surface area contributed by atoms with Crippen molar-refractivity contribution in [2.24, 2.45) is 10.9 Å². The molecule has 3 rings (SSSR count). The third-order valence-electron chi connectivity index (χ3n) is 5.35. The molecule has 0 aliphatic carbocycles. The highest BCUT2D eigenvalue weighted by Crippen LogP contribution is 2.24. The molecule has 0 bridgehead atoms. The Labute approximate surface area is 178 Å². The Kier molecular flexibility index (Phi) is 7.90. The molecule has 2 aromatic rings. The number of carbonyl (C=O) groups is 1. The van der Waals surface area contributed by atoms with E-state index in [1.165, 1.54) is 12.8 Å². The van der Waals surface area contributed by atoms with Gasteiger partial charge in [-0.15, -0.1) is 0 Å². The van der Waals surface area contributed by atoms with Crippen molar-refractivity contribution in [3.8, 4) is 0 Å². The molecule has 1 saturated heterocycles. The van der Waals surface area contributed by atoms with Gasteiger partial charge in [-0.3, -0.25) is 14.7 Å². The van der Waals surface area contributed by atoms with E-state index in [9.17, 15) is 4.79 Å². The lowest BCUT2D eigenvalue weighted by Gasteiger charge is -2.26. The molecule has 1 unspecified atom stereocenters. The fourth-order valence-electron chi connectivity index (χ4n) is 3.54. The van der Waals surface area contributed by atoms with E-state index in [1.54, 1.807) is 13.3 Å². The number of benzene rings is 1. The lowest BCUT2D eigenvalue weighted by atomic mass is 10.1. The molecule has 1 fully saturated rings. The van der Waals surface area contributed by atoms with Gasteiger partial charge < -0.3 is 20.4 Å². The topological polar surface area (TPSA) is 81.9 Å². The van der Waals surface area contributed by atoms with Crippen molar-refractivity contribution < 1.29 is 9.21 Å². The molecule has 0 saturated carbocycles. The van der Waals surface area contributed by atoms with Gasteiger partial charge in [-0.05, 0) is 55.8 Å². The molecule has 3 N–H and O–H groups in total. The summed E-state index contributed by atoms with van der Waals surface area (Å²) in [5, 5.41) is 9.70. The Hall–Kier alpha value is -2.80. The average molecular weight is 412 g/mol. The third kappa shape index (κ3) is 6.10. The Bertz CT molecular complexity index is 809. The number of guanidine groups is 1. The summed E-state index contributed by atoms with van der Waals surface area (Å²) in [7, 11) is 1.78. The van der Waals surface area contributed by atoms with Gasteiger partial charge in [-0.25, -0.2) is 0 Å². The van der Waals surface area contributed by atoms with Crippen molar-refractivity contribution in [3.05, 3.63) is 54.0 Å². The molecular weight excluding hydrogens is 378 g/mol. The zero-order valence-corrected chi connectivity index (χ0v) is 18.1. The quantitative estimate of drug-likeness (QED) is 0.458. The molecule has 1 aromatic carbocycles. The second-order valence-electron chi connectivity index (χ2n) is 7.92. The normalized spacial score (nSPS) is 15.9. The van der Waals surface area contributed by atoms with Gasteiger partial charge in [0.05, 0.1) is 12.3 Å². The van der Waals surface area contributed by atoms with Crippen LogP contribution < -0.4 is 16.0 Å². The molecule has 30 heavy (non-hydrogen) atoms. The molecule has 162 valence electrons. The lowest BCUT2D eigenvalue weighted by Crippen LogP contribution is -2.42. The summed E-state index contributed by atoms with van der Waals surface area (Å²) in [6.45, 7) is 7.33. The highest BCUT2D eigenvalue weighted by Gasteiger charge is 2.25. The molecule has 7 nitrogen and oxygen atoms in total. The van der Waals surface area contributed by atoms with Crippen LogP contribution in [-0.4, -0.2) is 43.4 Å². The Morgan fingerprint density at radius 1 is 1.13 bits per heavy atom. The van der Waals surface area contributed by atoms with Crippen molar-refractivity contribution in [3.63, 3.8) is 0 Å². The van der Waals surface area contributed by atoms with Gasteiger partial charge in [0.2, 0.25) is 5.91 Å². The van der Waals surface area contributed by atoms with Crippen molar-refractivity contribution in [2.45, 2.75) is 39.3 Å². The van der Waals surface area contributed by atoms with Crippen LogP contribution in [0.15, 0.2) is 52.1 Å². The van der Waals surface area contributed by atoms with Gasteiger partial charge >= 0.3 is 0 Å². The standard InChI is InChI=1S/C23H33N5O2/c1-17(2)22(29)27-19-10-8-18(9-11-19)15-25-23(24-3)26-16-20(21-7-6-14-30-21)28-12-4-5-13-28/h6-11,14,17,20H,4-5,12-13,15-16H2,1-3H3,(H,27,29)(H2,24,25,26). The summed E-state index contributed by atoms with van der Waals surface area (Å²) in [6, 6.07) is 12.0. The van der Waals surface area contributed by atoms with Gasteiger partial charge in [0.1, 0.15) is 5.76 Å². The average Bonchev–Trinajstić information content (AvgIpc) is 3.46. The van der Waals surface area contributed by atoms with Gasteiger partial charge in [0.15, 0.2) is 5.96 Å². The fraction of sp³-hybridized carbons (Fsp3) is 0.478. The summed E-state index contributed by atoms with van der Waals surface area (Å²) in [5.74, 6) is 1.72. The minimum absolute atomic E-state index is 0.0228. The van der Waals surface area contributed by atoms with Crippen molar-refractivity contribution in [1.29, 1.82) is 0 Å². The van der Waals surface area contributed by atoms with Crippen molar-refractivity contribution in [2.75, 3.05) is 32.0 Å². The van der Waals surface area contributed by atoms with Crippen molar-refractivity contribution in [1.82, 2.24) is 15.5 Å². The summed E-state index contributed by atoms with van der Waals surface area (Å²) in [5.41, 5.74) is 1.93. The van der Waals surface area contributed by atoms with Crippen LogP contribution >= 0.6 is 0 Å². The number of furan rings is 1. The highest BCUT2D eigenvalue weighted by molar-refractivity contribution is 5.92. The Balaban J connectivity index is 1.51. The van der Waals surface area contributed by atoms with E-state index in [0.717, 1.165) is 42.6 Å². The van der Waals surface area contributed by atoms with Gasteiger partial charge in [0, 0.05) is 31.7 Å². The van der Waals surface area contributed by atoms with Gasteiger partial charge in [-0.2, -0.15) is 0 Å². The lowest BCUT2D eigenvalue weighted by molar-refractivity contribution is -0.118. The predicted molar refractivity (Wildman–Crippen MR) is 120 cm³/mol. The SMILES string of the molecule is CN=C(NCc1ccc(NC(=O)C(C)C)cc1)NCC(c1ccco1)N1CCCC1. The van der Waals surface area contributed by atoms with Crippen LogP contribution in [0.3, 0.4) is 0 Å². The molecule has 7 heteroatoms. The zero-order chi connectivity index (χ0) is 21.3. The number of anilines is 1. The maximum absolute atomic E-state index is 11.8. The molecule has 1 aromatic heterocycles. The van der Waals surface area contributed by atoms with Gasteiger partial charge in [-0.1, -0.05) is 26.0 Å². The number of aliphatic imine (C=N–C) groups is 1. The smallest absolute Gasteiger partial charge is 0.226 e. The summed E-state index contributed by atoms with van der Waals surface area (Å²) >= 11 is 0. The van der Waals surface area contributed by atoms with Crippen LogP contribution in [0.1, 0.15) is 44.1 Å². The number of rotatable bonds is 8. The largest absolute Gasteiger partial charge is 0.468 e. The van der Waals surface area contributed by atoms with E-state index in [-0.39, 0.29) is 17.9 Å². The summed E-state index contributed by atoms with van der Waals surface area (Å²) < 4.78 is 5.68. The maximum Gasteiger partial charge on any atom is 0.226 e. The molecule has 1 atom stereocenters. The van der Waals surface area contributed by atoms with Crippen LogP contribution in [0, 0.1) is 5.92 Å². The number of hydrogen-bond acceptors (Lipinski definition) is 4. The number of amides is 1. The molecule has 1 amide bonds. The second-order valence-corrected chi connectivity index (χ2v) is 7.92. The predicted octanol–water partition coefficient (Wildman–Crippen LogP) is 3.38. The third-order valence-corrected chi connectivity index (χ3v) is 5.35. The van der Waals surface area contributed by atoms with E-state index in [1.807, 2.05) is 50.2 Å². The van der Waals surface area contributed by atoms with Crippen LogP contribution in [0.5, 0.6) is 0 Å². The molecule has 0 spiro atoms. The molecule has 2 heterocycles. The minimum atomic E-state index is -0.0358. The zero-order valence-electron chi connectivity index (χ0n) is 18.1. The van der Waals surface area contributed by atoms with E-state index >= 15 is 0 Å². The first-order valence-electron chi connectivity index (χ1n) is 10.7. The van der Waals surface area contributed by atoms with E-state index < -0.39 is 0 Å². The monoisotopic (exact) mass is 411 g/mol. The number of likely N-dealkylation sites (tertiary alicyclic amines) is 1. The Morgan fingerprint density at radius 2 is 1.87 bits per heavy atom. The minimum Gasteiger partial charge on any atom is -0.468 e. The van der Waals surface area contributed by atoms with E-state index in [0.29, 0.717) is 6.54 Å². The number of nitrogens with zero attached hydrogens (tertiary/aromatic N) is 2. The van der Waals surface area contributed by atoms with Crippen LogP contribution in [0.2, 0.25) is 0 Å². The van der Waals surface area contributed by atoms with Crippen LogP contribution in [0.4, 0.5) is 5.69 Å². The molecule has 0 radical (unpaired) electrons. The first kappa shape index (κ1) is 21.9. The number of hydrogen-bond donors (Lipinski definition) is 3. The maximum atomic E-state index is 11.8. The van der Waals surface area contributed by atoms with E-state index in [4.69, 9.17) is 4.42 Å². The van der Waals surface area contributed by atoms with Gasteiger partial charge in [0.25, 0.3) is 0 Å². The van der Waals surface area contributed by atoms with Crippen molar-refractivity contribution >= 4 is 17.6 Å². The first-order chi connectivity index (χ1) is 14.6. The summed E-state index contributed by atoms with van der Waals surface area (Å²) in [6.07, 6.45) is 4.20. The molecular formula is C23H33N5O2. The fourth-order valence-corrected chi connectivity index (χ4v) is 3.54. The second kappa shape index (κ2) is 10.8. The number of nitrogens with one attached hydrogen (secondary N) is 3. The van der Waals surface area contributed by atoms with Crippen LogP contribution in [-0.2, 0) is 11.3 Å². The van der Waals surface area contributed by atoms with Crippen LogP contribution in [0.25, 0.3) is 0 Å². The summed E-state index contributed by atoms with van der Waals surface area (Å²) in [4.78, 5) is 18.6. The highest BCUT2D eigenvalue weighted by atomic mass is 16.3. The number of carbonyl (C=O) groups excluding carboxylic acids is 1. The Morgan fingerprint density at radius 3 is 2.47 bits per heavy atom. The molecule has 1 aliphatic heterocycles. The first-order valence-corrected chi connectivity index (χ1v) is 10.7.